The third-order valence-corrected chi connectivity index (χ3v) is 3.92. The van der Waals surface area contributed by atoms with Crippen LogP contribution in [0, 0.1) is 5.82 Å². The number of anilines is 1. The molecule has 4 nitrogen and oxygen atoms in total. The number of hydrogen-bond donors (Lipinski definition) is 3. The maximum absolute atomic E-state index is 13.9. The minimum atomic E-state index is -1.05. The molecule has 0 aromatic heterocycles. The quantitative estimate of drug-likeness (QED) is 0.793. The highest BCUT2D eigenvalue weighted by Crippen LogP contribution is 2.26. The molecule has 5 heteroatoms. The van der Waals surface area contributed by atoms with E-state index in [0.717, 1.165) is 25.7 Å². The fourth-order valence-corrected chi connectivity index (χ4v) is 2.59. The number of rotatable bonds is 4. The first-order valence-corrected chi connectivity index (χ1v) is 6.96. The second kappa shape index (κ2) is 6.22. The molecule has 1 saturated carbocycles. The molecule has 1 fully saturated rings. The van der Waals surface area contributed by atoms with Crippen LogP contribution in [0.5, 0.6) is 0 Å². The molecule has 3 N–H and O–H groups in total. The SMILES string of the molecule is CC(C(=O)O)c1ccc(N[C@H]2CCCC[C@@H]2O)cc1F. The molecule has 1 aliphatic carbocycles. The van der Waals surface area contributed by atoms with Gasteiger partial charge in [0.1, 0.15) is 5.82 Å². The van der Waals surface area contributed by atoms with Crippen molar-refractivity contribution in [2.24, 2.45) is 0 Å². The summed E-state index contributed by atoms with van der Waals surface area (Å²) in [5, 5.41) is 21.9. The molecular formula is C15H20FNO3. The van der Waals surface area contributed by atoms with Gasteiger partial charge in [-0.25, -0.2) is 4.39 Å². The number of nitrogens with one attached hydrogen (secondary N) is 1. The van der Waals surface area contributed by atoms with Crippen LogP contribution in [0.1, 0.15) is 44.1 Å². The van der Waals surface area contributed by atoms with Crippen LogP contribution in [0.25, 0.3) is 0 Å². The highest BCUT2D eigenvalue weighted by atomic mass is 19.1. The molecule has 0 saturated heterocycles. The number of carboxylic acids is 1. The lowest BCUT2D eigenvalue weighted by molar-refractivity contribution is -0.138. The van der Waals surface area contributed by atoms with Gasteiger partial charge in [-0.05, 0) is 31.9 Å². The lowest BCUT2D eigenvalue weighted by atomic mass is 9.92. The van der Waals surface area contributed by atoms with Gasteiger partial charge in [0, 0.05) is 11.3 Å². The first kappa shape index (κ1) is 14.8. The van der Waals surface area contributed by atoms with E-state index >= 15 is 0 Å². The Kier molecular flexibility index (Phi) is 4.60. The van der Waals surface area contributed by atoms with Crippen molar-refractivity contribution in [3.8, 4) is 0 Å². The highest BCUT2D eigenvalue weighted by molar-refractivity contribution is 5.75. The molecule has 1 aliphatic rings. The summed E-state index contributed by atoms with van der Waals surface area (Å²) in [4.78, 5) is 10.9. The molecule has 0 heterocycles. The van der Waals surface area contributed by atoms with E-state index < -0.39 is 23.8 Å². The molecule has 1 aromatic rings. The Balaban J connectivity index is 2.10. The second-order valence-corrected chi connectivity index (χ2v) is 5.40. The molecule has 20 heavy (non-hydrogen) atoms. The highest BCUT2D eigenvalue weighted by Gasteiger charge is 2.23. The third kappa shape index (κ3) is 3.28. The van der Waals surface area contributed by atoms with E-state index in [1.165, 1.54) is 19.1 Å². The molecule has 3 atom stereocenters. The molecule has 1 aromatic carbocycles. The average molecular weight is 281 g/mol. The monoisotopic (exact) mass is 281 g/mol. The molecular weight excluding hydrogens is 261 g/mol. The fraction of sp³-hybridized carbons (Fsp3) is 0.533. The van der Waals surface area contributed by atoms with Crippen molar-refractivity contribution in [2.75, 3.05) is 5.32 Å². The van der Waals surface area contributed by atoms with Crippen molar-refractivity contribution >= 4 is 11.7 Å². The molecule has 0 bridgehead atoms. The van der Waals surface area contributed by atoms with Gasteiger partial charge in [0.15, 0.2) is 0 Å². The predicted molar refractivity (Wildman–Crippen MR) is 74.3 cm³/mol. The summed E-state index contributed by atoms with van der Waals surface area (Å²) in [6.45, 7) is 1.46. The van der Waals surface area contributed by atoms with Gasteiger partial charge in [-0.2, -0.15) is 0 Å². The fourth-order valence-electron chi connectivity index (χ4n) is 2.59. The van der Waals surface area contributed by atoms with Crippen LogP contribution in [0.15, 0.2) is 18.2 Å². The van der Waals surface area contributed by atoms with Crippen molar-refractivity contribution in [3.63, 3.8) is 0 Å². The molecule has 0 spiro atoms. The lowest BCUT2D eigenvalue weighted by Crippen LogP contribution is -2.36. The second-order valence-electron chi connectivity index (χ2n) is 5.40. The molecule has 0 radical (unpaired) electrons. The Hall–Kier alpha value is -1.62. The summed E-state index contributed by atoms with van der Waals surface area (Å²) in [5.41, 5.74) is 0.752. The van der Waals surface area contributed by atoms with Crippen LogP contribution in [0.2, 0.25) is 0 Å². The minimum absolute atomic E-state index is 0.0640. The summed E-state index contributed by atoms with van der Waals surface area (Å²) in [7, 11) is 0. The molecule has 1 unspecified atom stereocenters. The number of halogens is 1. The minimum Gasteiger partial charge on any atom is -0.481 e. The standard InChI is InChI=1S/C15H20FNO3/c1-9(15(19)20)11-7-6-10(8-12(11)16)17-13-4-2-3-5-14(13)18/h6-9,13-14,17-18H,2-5H2,1H3,(H,19,20)/t9?,13-,14-/m0/s1. The zero-order valence-electron chi connectivity index (χ0n) is 11.5. The van der Waals surface area contributed by atoms with Crippen LogP contribution >= 0.6 is 0 Å². The average Bonchev–Trinajstić information content (AvgIpc) is 2.41. The summed E-state index contributed by atoms with van der Waals surface area (Å²) in [5.74, 6) is -2.45. The normalized spacial score (nSPS) is 24.1. The van der Waals surface area contributed by atoms with Crippen molar-refractivity contribution in [3.05, 3.63) is 29.6 Å². The van der Waals surface area contributed by atoms with Gasteiger partial charge in [-0.1, -0.05) is 18.9 Å². The van der Waals surface area contributed by atoms with Crippen LogP contribution in [-0.4, -0.2) is 28.3 Å². The van der Waals surface area contributed by atoms with E-state index in [9.17, 15) is 14.3 Å². The lowest BCUT2D eigenvalue weighted by Gasteiger charge is -2.29. The Morgan fingerprint density at radius 1 is 1.40 bits per heavy atom. The number of aliphatic hydroxyl groups is 1. The maximum Gasteiger partial charge on any atom is 0.310 e. The van der Waals surface area contributed by atoms with Crippen molar-refractivity contribution in [1.82, 2.24) is 0 Å². The van der Waals surface area contributed by atoms with Gasteiger partial charge in [-0.15, -0.1) is 0 Å². The number of hydrogen-bond acceptors (Lipinski definition) is 3. The van der Waals surface area contributed by atoms with Crippen molar-refractivity contribution < 1.29 is 19.4 Å². The summed E-state index contributed by atoms with van der Waals surface area (Å²) in [6.07, 6.45) is 3.27. The molecule has 0 amide bonds. The van der Waals surface area contributed by atoms with E-state index in [1.807, 2.05) is 0 Å². The Bertz CT molecular complexity index is 492. The van der Waals surface area contributed by atoms with Crippen LogP contribution in [-0.2, 0) is 4.79 Å². The number of benzene rings is 1. The van der Waals surface area contributed by atoms with Gasteiger partial charge in [-0.3, -0.25) is 4.79 Å². The molecule has 110 valence electrons. The van der Waals surface area contributed by atoms with Gasteiger partial charge in [0.2, 0.25) is 0 Å². The summed E-state index contributed by atoms with van der Waals surface area (Å²) in [6, 6.07) is 4.40. The van der Waals surface area contributed by atoms with Gasteiger partial charge >= 0.3 is 5.97 Å². The molecule has 2 rings (SSSR count). The van der Waals surface area contributed by atoms with Crippen molar-refractivity contribution in [1.29, 1.82) is 0 Å². The topological polar surface area (TPSA) is 69.6 Å². The first-order valence-electron chi connectivity index (χ1n) is 6.96. The van der Waals surface area contributed by atoms with Crippen LogP contribution in [0.3, 0.4) is 0 Å². The maximum atomic E-state index is 13.9. The first-order chi connectivity index (χ1) is 9.49. The molecule has 0 aliphatic heterocycles. The Morgan fingerprint density at radius 3 is 2.70 bits per heavy atom. The number of carboxylic acid groups (broad SMARTS) is 1. The van der Waals surface area contributed by atoms with E-state index in [-0.39, 0.29) is 11.6 Å². The van der Waals surface area contributed by atoms with E-state index in [2.05, 4.69) is 5.32 Å². The van der Waals surface area contributed by atoms with Crippen molar-refractivity contribution in [2.45, 2.75) is 50.7 Å². The Morgan fingerprint density at radius 2 is 2.10 bits per heavy atom. The zero-order valence-corrected chi connectivity index (χ0v) is 11.5. The van der Waals surface area contributed by atoms with E-state index in [4.69, 9.17) is 5.11 Å². The van der Waals surface area contributed by atoms with E-state index in [1.54, 1.807) is 6.07 Å². The summed E-state index contributed by atoms with van der Waals surface area (Å²) >= 11 is 0. The van der Waals surface area contributed by atoms with Gasteiger partial charge in [0.05, 0.1) is 18.1 Å². The Labute approximate surface area is 117 Å². The largest absolute Gasteiger partial charge is 0.481 e. The van der Waals surface area contributed by atoms with E-state index in [0.29, 0.717) is 5.69 Å². The third-order valence-electron chi connectivity index (χ3n) is 3.92. The van der Waals surface area contributed by atoms with Crippen LogP contribution in [0.4, 0.5) is 10.1 Å². The van der Waals surface area contributed by atoms with Crippen LogP contribution < -0.4 is 5.32 Å². The van der Waals surface area contributed by atoms with Gasteiger partial charge < -0.3 is 15.5 Å². The number of aliphatic hydroxyl groups excluding tert-OH is 1. The zero-order chi connectivity index (χ0) is 14.7. The summed E-state index contributed by atoms with van der Waals surface area (Å²) < 4.78 is 13.9. The predicted octanol–water partition coefficient (Wildman–Crippen LogP) is 2.73. The number of carbonyl (C=O) groups is 1. The van der Waals surface area contributed by atoms with Gasteiger partial charge in [0.25, 0.3) is 0 Å². The number of aliphatic carboxylic acids is 1. The smallest absolute Gasteiger partial charge is 0.310 e.